The average molecular weight is 498 g/mol. The van der Waals surface area contributed by atoms with Crippen molar-refractivity contribution in [2.75, 3.05) is 36.4 Å². The lowest BCUT2D eigenvalue weighted by molar-refractivity contribution is 0.566. The average Bonchev–Trinajstić information content (AvgIpc) is 3.40. The van der Waals surface area contributed by atoms with Crippen molar-refractivity contribution in [3.8, 4) is 11.3 Å². The molecular formula is C27H24FN7O2. The van der Waals surface area contributed by atoms with Crippen LogP contribution in [0.5, 0.6) is 0 Å². The number of aromatic nitrogens is 4. The number of halogens is 1. The summed E-state index contributed by atoms with van der Waals surface area (Å²) < 4.78 is 22.2. The quantitative estimate of drug-likeness (QED) is 0.366. The highest BCUT2D eigenvalue weighted by atomic mass is 19.1. The molecule has 10 heteroatoms. The van der Waals surface area contributed by atoms with Gasteiger partial charge in [0.25, 0.3) is 5.56 Å². The Morgan fingerprint density at radius 3 is 2.70 bits per heavy atom. The molecule has 0 amide bonds. The van der Waals surface area contributed by atoms with Crippen LogP contribution in [0.3, 0.4) is 0 Å². The van der Waals surface area contributed by atoms with Crippen LogP contribution in [-0.2, 0) is 6.54 Å². The maximum Gasteiger partial charge on any atom is 0.252 e. The first kappa shape index (κ1) is 22.9. The van der Waals surface area contributed by atoms with Crippen LogP contribution >= 0.6 is 0 Å². The number of anilines is 3. The summed E-state index contributed by atoms with van der Waals surface area (Å²) in [5.41, 5.74) is 3.06. The molecule has 0 aliphatic carbocycles. The standard InChI is InChI=1S/C27H24FN7O2/c28-22-15-21(2-3-23(22)34-12-10-30-11-13-34)32-27-31-16-19-1-4-24(36)35(26(19)33-27)17-20-7-14-37-25(20)18-5-8-29-9-6-18/h1-9,14-16,30H,10-13,17H2,(H,31,32,33). The number of nitrogens with zero attached hydrogens (tertiary/aromatic N) is 5. The minimum Gasteiger partial charge on any atom is -0.464 e. The van der Waals surface area contributed by atoms with Crippen LogP contribution in [0.4, 0.5) is 21.7 Å². The number of rotatable bonds is 6. The molecule has 0 radical (unpaired) electrons. The summed E-state index contributed by atoms with van der Waals surface area (Å²) >= 11 is 0. The number of pyridine rings is 2. The second-order valence-electron chi connectivity index (χ2n) is 8.77. The van der Waals surface area contributed by atoms with Gasteiger partial charge in [0, 0.05) is 73.0 Å². The van der Waals surface area contributed by atoms with Crippen LogP contribution in [0, 0.1) is 5.82 Å². The molecule has 6 rings (SSSR count). The van der Waals surface area contributed by atoms with Gasteiger partial charge in [0.05, 0.1) is 18.5 Å². The molecule has 9 nitrogen and oxygen atoms in total. The SMILES string of the molecule is O=c1ccc2cnc(Nc3ccc(N4CCNCC4)c(F)c3)nc2n1Cc1ccoc1-c1ccncc1. The lowest BCUT2D eigenvalue weighted by Gasteiger charge is -2.29. The van der Waals surface area contributed by atoms with Gasteiger partial charge in [-0.05, 0) is 42.5 Å². The van der Waals surface area contributed by atoms with E-state index in [1.165, 1.54) is 12.1 Å². The van der Waals surface area contributed by atoms with Crippen LogP contribution < -0.4 is 21.1 Å². The van der Waals surface area contributed by atoms with Gasteiger partial charge < -0.3 is 20.0 Å². The molecule has 186 valence electrons. The Morgan fingerprint density at radius 2 is 1.89 bits per heavy atom. The zero-order valence-corrected chi connectivity index (χ0v) is 19.9. The van der Waals surface area contributed by atoms with Crippen molar-refractivity contribution in [1.29, 1.82) is 0 Å². The number of fused-ring (bicyclic) bond motifs is 1. The van der Waals surface area contributed by atoms with E-state index in [0.29, 0.717) is 28.2 Å². The number of nitrogens with one attached hydrogen (secondary N) is 2. The van der Waals surface area contributed by atoms with Gasteiger partial charge in [0.15, 0.2) is 0 Å². The van der Waals surface area contributed by atoms with E-state index in [2.05, 4.69) is 25.6 Å². The van der Waals surface area contributed by atoms with Gasteiger partial charge in [0.2, 0.25) is 5.95 Å². The number of benzene rings is 1. The Labute approximate surface area is 211 Å². The van der Waals surface area contributed by atoms with Gasteiger partial charge in [-0.3, -0.25) is 14.3 Å². The number of furan rings is 1. The van der Waals surface area contributed by atoms with Crippen LogP contribution in [0.1, 0.15) is 5.56 Å². The molecule has 0 spiro atoms. The number of hydrogen-bond acceptors (Lipinski definition) is 8. The fourth-order valence-corrected chi connectivity index (χ4v) is 4.55. The molecule has 1 saturated heterocycles. The molecule has 2 N–H and O–H groups in total. The molecule has 5 heterocycles. The third kappa shape index (κ3) is 4.66. The normalized spacial score (nSPS) is 13.7. The molecule has 0 saturated carbocycles. The minimum absolute atomic E-state index is 0.203. The third-order valence-electron chi connectivity index (χ3n) is 6.40. The summed E-state index contributed by atoms with van der Waals surface area (Å²) in [6.07, 6.45) is 6.62. The number of hydrogen-bond donors (Lipinski definition) is 2. The molecule has 4 aromatic heterocycles. The fraction of sp³-hybridized carbons (Fsp3) is 0.185. The summed E-state index contributed by atoms with van der Waals surface area (Å²) in [6, 6.07) is 13.7. The smallest absolute Gasteiger partial charge is 0.252 e. The Morgan fingerprint density at radius 1 is 1.05 bits per heavy atom. The summed E-state index contributed by atoms with van der Waals surface area (Å²) in [7, 11) is 0. The van der Waals surface area contributed by atoms with Crippen molar-refractivity contribution in [3.05, 3.63) is 95.1 Å². The predicted octanol–water partition coefficient (Wildman–Crippen LogP) is 3.79. The second kappa shape index (κ2) is 9.82. The molecule has 0 bridgehead atoms. The predicted molar refractivity (Wildman–Crippen MR) is 140 cm³/mol. The van der Waals surface area contributed by atoms with Crippen LogP contribution in [0.2, 0.25) is 0 Å². The largest absolute Gasteiger partial charge is 0.464 e. The van der Waals surface area contributed by atoms with Crippen molar-refractivity contribution in [2.45, 2.75) is 6.54 Å². The maximum absolute atomic E-state index is 14.9. The monoisotopic (exact) mass is 497 g/mol. The topological polar surface area (TPSA) is 101 Å². The molecule has 1 aromatic carbocycles. The zero-order valence-electron chi connectivity index (χ0n) is 19.9. The summed E-state index contributed by atoms with van der Waals surface area (Å²) in [5, 5.41) is 7.05. The molecule has 1 aliphatic heterocycles. The summed E-state index contributed by atoms with van der Waals surface area (Å²) in [5.74, 6) is 0.620. The van der Waals surface area contributed by atoms with E-state index in [0.717, 1.165) is 37.3 Å². The van der Waals surface area contributed by atoms with Crippen molar-refractivity contribution in [1.82, 2.24) is 24.8 Å². The van der Waals surface area contributed by atoms with E-state index in [4.69, 9.17) is 4.42 Å². The maximum atomic E-state index is 14.9. The van der Waals surface area contributed by atoms with Crippen molar-refractivity contribution < 1.29 is 8.81 Å². The summed E-state index contributed by atoms with van der Waals surface area (Å²) in [4.78, 5) is 28.0. The Kier molecular flexibility index (Phi) is 6.07. The second-order valence-corrected chi connectivity index (χ2v) is 8.77. The fourth-order valence-electron chi connectivity index (χ4n) is 4.55. The van der Waals surface area contributed by atoms with E-state index in [9.17, 15) is 9.18 Å². The van der Waals surface area contributed by atoms with E-state index in [-0.39, 0.29) is 23.9 Å². The van der Waals surface area contributed by atoms with Gasteiger partial charge in [-0.25, -0.2) is 9.37 Å². The minimum atomic E-state index is -0.312. The molecule has 37 heavy (non-hydrogen) atoms. The zero-order chi connectivity index (χ0) is 25.2. The molecule has 0 unspecified atom stereocenters. The highest BCUT2D eigenvalue weighted by Gasteiger charge is 2.16. The van der Waals surface area contributed by atoms with Crippen LogP contribution in [-0.4, -0.2) is 45.7 Å². The highest BCUT2D eigenvalue weighted by Crippen LogP contribution is 2.27. The molecule has 1 fully saturated rings. The van der Waals surface area contributed by atoms with Crippen molar-refractivity contribution in [3.63, 3.8) is 0 Å². The van der Waals surface area contributed by atoms with Crippen LogP contribution in [0.15, 0.2) is 82.6 Å². The molecule has 5 aromatic rings. The van der Waals surface area contributed by atoms with Gasteiger partial charge in [-0.15, -0.1) is 0 Å². The van der Waals surface area contributed by atoms with E-state index in [1.807, 2.05) is 23.1 Å². The van der Waals surface area contributed by atoms with Gasteiger partial charge >= 0.3 is 0 Å². The van der Waals surface area contributed by atoms with E-state index >= 15 is 0 Å². The van der Waals surface area contributed by atoms with Gasteiger partial charge in [-0.2, -0.15) is 4.98 Å². The molecule has 1 aliphatic rings. The highest BCUT2D eigenvalue weighted by molar-refractivity contribution is 5.76. The number of piperazine rings is 1. The first-order chi connectivity index (χ1) is 18.2. The molecule has 0 atom stereocenters. The first-order valence-corrected chi connectivity index (χ1v) is 12.0. The molecular weight excluding hydrogens is 473 g/mol. The third-order valence-corrected chi connectivity index (χ3v) is 6.40. The lowest BCUT2D eigenvalue weighted by atomic mass is 10.1. The van der Waals surface area contributed by atoms with E-state index < -0.39 is 0 Å². The van der Waals surface area contributed by atoms with Gasteiger partial charge in [0.1, 0.15) is 17.2 Å². The Balaban J connectivity index is 1.31. The lowest BCUT2D eigenvalue weighted by Crippen LogP contribution is -2.43. The van der Waals surface area contributed by atoms with Crippen LogP contribution in [0.25, 0.3) is 22.4 Å². The van der Waals surface area contributed by atoms with Gasteiger partial charge in [-0.1, -0.05) is 0 Å². The Bertz CT molecular complexity index is 1610. The Hall–Kier alpha value is -4.57. The van der Waals surface area contributed by atoms with Crippen molar-refractivity contribution >= 4 is 28.4 Å². The summed E-state index contributed by atoms with van der Waals surface area (Å²) in [6.45, 7) is 3.43. The van der Waals surface area contributed by atoms with E-state index in [1.54, 1.807) is 47.6 Å². The first-order valence-electron chi connectivity index (χ1n) is 12.0. The van der Waals surface area contributed by atoms with Crippen molar-refractivity contribution in [2.24, 2.45) is 0 Å².